The summed E-state index contributed by atoms with van der Waals surface area (Å²) in [5, 5.41) is 4.91. The fraction of sp³-hybridized carbons (Fsp3) is 0.217. The van der Waals surface area contributed by atoms with E-state index in [1.165, 1.54) is 11.1 Å². The Morgan fingerprint density at radius 1 is 0.759 bits per heavy atom. The second kappa shape index (κ2) is 10.2. The Balaban J connectivity index is 1.64. The van der Waals surface area contributed by atoms with Crippen molar-refractivity contribution in [1.82, 2.24) is 5.32 Å². The lowest BCUT2D eigenvalue weighted by Gasteiger charge is -2.15. The fourth-order valence-electron chi connectivity index (χ4n) is 2.86. The zero-order chi connectivity index (χ0) is 20.8. The predicted molar refractivity (Wildman–Crippen MR) is 121 cm³/mol. The van der Waals surface area contributed by atoms with Crippen LogP contribution in [0.15, 0.2) is 54.6 Å². The summed E-state index contributed by atoms with van der Waals surface area (Å²) in [5.74, 6) is 1.09. The van der Waals surface area contributed by atoms with Crippen LogP contribution in [0.25, 0.3) is 0 Å². The maximum Gasteiger partial charge on any atom is 0.180 e. The third kappa shape index (κ3) is 6.03. The van der Waals surface area contributed by atoms with Gasteiger partial charge >= 0.3 is 0 Å². The van der Waals surface area contributed by atoms with Gasteiger partial charge in [0.2, 0.25) is 0 Å². The molecule has 3 aromatic carbocycles. The van der Waals surface area contributed by atoms with Gasteiger partial charge in [0.25, 0.3) is 0 Å². The molecule has 1 N–H and O–H groups in total. The number of hydrogen-bond donors (Lipinski definition) is 1. The van der Waals surface area contributed by atoms with Gasteiger partial charge in [-0.2, -0.15) is 0 Å². The van der Waals surface area contributed by atoms with Gasteiger partial charge in [0, 0.05) is 13.1 Å². The van der Waals surface area contributed by atoms with Crippen LogP contribution in [0.4, 0.5) is 0 Å². The molecule has 3 aromatic rings. The highest BCUT2D eigenvalue weighted by Gasteiger charge is 2.13. The largest absolute Gasteiger partial charge is 0.493 e. The van der Waals surface area contributed by atoms with Crippen LogP contribution >= 0.6 is 34.8 Å². The molecule has 0 spiro atoms. The maximum absolute atomic E-state index is 6.47. The number of aryl methyl sites for hydroxylation is 1. The van der Waals surface area contributed by atoms with E-state index in [4.69, 9.17) is 44.3 Å². The molecule has 0 bridgehead atoms. The van der Waals surface area contributed by atoms with Gasteiger partial charge in [-0.25, -0.2) is 0 Å². The molecule has 0 radical (unpaired) electrons. The van der Waals surface area contributed by atoms with Crippen LogP contribution in [-0.2, 0) is 19.7 Å². The second-order valence-corrected chi connectivity index (χ2v) is 7.96. The molecular formula is C23H22Cl3NO2. The highest BCUT2D eigenvalue weighted by Crippen LogP contribution is 2.37. The zero-order valence-corrected chi connectivity index (χ0v) is 18.5. The van der Waals surface area contributed by atoms with Crippen LogP contribution in [0.1, 0.15) is 22.3 Å². The highest BCUT2D eigenvalue weighted by atomic mass is 35.5. The molecule has 0 aliphatic rings. The highest BCUT2D eigenvalue weighted by molar-refractivity contribution is 6.42. The monoisotopic (exact) mass is 449 g/mol. The molecule has 0 heterocycles. The minimum Gasteiger partial charge on any atom is -0.493 e. The van der Waals surface area contributed by atoms with Crippen LogP contribution in [-0.4, -0.2) is 7.11 Å². The maximum atomic E-state index is 6.47. The second-order valence-electron chi connectivity index (χ2n) is 6.74. The Morgan fingerprint density at radius 2 is 1.41 bits per heavy atom. The van der Waals surface area contributed by atoms with Gasteiger partial charge in [0.05, 0.1) is 22.2 Å². The number of methoxy groups -OCH3 is 1. The number of halogens is 3. The molecule has 6 heteroatoms. The molecule has 0 amide bonds. The zero-order valence-electron chi connectivity index (χ0n) is 16.3. The normalized spacial score (nSPS) is 10.8. The van der Waals surface area contributed by atoms with Gasteiger partial charge < -0.3 is 14.8 Å². The van der Waals surface area contributed by atoms with Crippen molar-refractivity contribution in [3.63, 3.8) is 0 Å². The number of nitrogens with one attached hydrogen (secondary N) is 1. The topological polar surface area (TPSA) is 30.5 Å². The molecular weight excluding hydrogens is 429 g/mol. The summed E-state index contributed by atoms with van der Waals surface area (Å²) in [6.07, 6.45) is 0. The molecule has 3 nitrogen and oxygen atoms in total. The van der Waals surface area contributed by atoms with E-state index in [9.17, 15) is 0 Å². The average Bonchev–Trinajstić information content (AvgIpc) is 2.71. The quantitative estimate of drug-likeness (QED) is 0.408. The Morgan fingerprint density at radius 3 is 2.10 bits per heavy atom. The Hall–Kier alpha value is -1.91. The summed E-state index contributed by atoms with van der Waals surface area (Å²) in [4.78, 5) is 0. The molecule has 29 heavy (non-hydrogen) atoms. The van der Waals surface area contributed by atoms with E-state index >= 15 is 0 Å². The van der Waals surface area contributed by atoms with Crippen LogP contribution in [0.5, 0.6) is 11.5 Å². The van der Waals surface area contributed by atoms with Crippen LogP contribution in [0.2, 0.25) is 15.1 Å². The van der Waals surface area contributed by atoms with E-state index in [0.717, 1.165) is 17.7 Å². The smallest absolute Gasteiger partial charge is 0.180 e. The van der Waals surface area contributed by atoms with E-state index in [2.05, 4.69) is 36.5 Å². The third-order valence-corrected chi connectivity index (χ3v) is 5.46. The molecule has 0 saturated carbocycles. The van der Waals surface area contributed by atoms with E-state index in [1.807, 2.05) is 18.2 Å². The molecule has 0 saturated heterocycles. The first-order valence-corrected chi connectivity index (χ1v) is 10.3. The van der Waals surface area contributed by atoms with E-state index in [0.29, 0.717) is 39.7 Å². The molecule has 0 aromatic heterocycles. The minimum absolute atomic E-state index is 0.304. The van der Waals surface area contributed by atoms with E-state index in [-0.39, 0.29) is 0 Å². The van der Waals surface area contributed by atoms with Gasteiger partial charge in [-0.3, -0.25) is 0 Å². The SMILES string of the molecule is COc1cc(CNCc2ccc(C)cc2)cc(Cl)c1OCc1ccc(Cl)c(Cl)c1. The third-order valence-electron chi connectivity index (χ3n) is 4.44. The summed E-state index contributed by atoms with van der Waals surface area (Å²) in [6.45, 7) is 3.82. The van der Waals surface area contributed by atoms with Crippen molar-refractivity contribution in [3.8, 4) is 11.5 Å². The van der Waals surface area contributed by atoms with Gasteiger partial charge in [-0.05, 0) is 47.9 Å². The number of benzene rings is 3. The number of ether oxygens (including phenoxy) is 2. The summed E-state index contributed by atoms with van der Waals surface area (Å²) < 4.78 is 11.4. The van der Waals surface area contributed by atoms with Crippen molar-refractivity contribution in [2.24, 2.45) is 0 Å². The predicted octanol–water partition coefficient (Wildman–Crippen LogP) is 6.83. The first-order valence-electron chi connectivity index (χ1n) is 9.15. The van der Waals surface area contributed by atoms with Crippen LogP contribution in [0.3, 0.4) is 0 Å². The Bertz CT molecular complexity index is 975. The summed E-state index contributed by atoms with van der Waals surface area (Å²) in [7, 11) is 1.60. The van der Waals surface area contributed by atoms with Gasteiger partial charge in [0.1, 0.15) is 6.61 Å². The molecule has 0 aliphatic carbocycles. The first kappa shape index (κ1) is 21.8. The van der Waals surface area contributed by atoms with Crippen molar-refractivity contribution >= 4 is 34.8 Å². The molecule has 0 aliphatic heterocycles. The molecule has 0 fully saturated rings. The molecule has 152 valence electrons. The van der Waals surface area contributed by atoms with Crippen molar-refractivity contribution in [2.75, 3.05) is 7.11 Å². The standard InChI is InChI=1S/C23H22Cl3NO2/c1-15-3-5-16(6-4-15)12-27-13-18-10-21(26)23(22(11-18)28-2)29-14-17-7-8-19(24)20(25)9-17/h3-11,27H,12-14H2,1-2H3. The van der Waals surface area contributed by atoms with E-state index in [1.54, 1.807) is 19.2 Å². The molecule has 0 unspecified atom stereocenters. The first-order chi connectivity index (χ1) is 14.0. The lowest BCUT2D eigenvalue weighted by molar-refractivity contribution is 0.284. The van der Waals surface area contributed by atoms with Crippen LogP contribution in [0, 0.1) is 6.92 Å². The summed E-state index contributed by atoms with van der Waals surface area (Å²) >= 11 is 18.5. The van der Waals surface area contributed by atoms with Gasteiger partial charge in [0.15, 0.2) is 11.5 Å². The van der Waals surface area contributed by atoms with Crippen LogP contribution < -0.4 is 14.8 Å². The summed E-state index contributed by atoms with van der Waals surface area (Å²) in [6, 6.07) is 17.6. The Labute approximate surface area is 186 Å². The lowest BCUT2D eigenvalue weighted by atomic mass is 10.1. The van der Waals surface area contributed by atoms with Gasteiger partial charge in [-0.15, -0.1) is 0 Å². The van der Waals surface area contributed by atoms with E-state index < -0.39 is 0 Å². The van der Waals surface area contributed by atoms with Crippen molar-refractivity contribution in [1.29, 1.82) is 0 Å². The minimum atomic E-state index is 0.304. The van der Waals surface area contributed by atoms with Crippen molar-refractivity contribution < 1.29 is 9.47 Å². The number of rotatable bonds is 8. The van der Waals surface area contributed by atoms with Crippen molar-refractivity contribution in [2.45, 2.75) is 26.6 Å². The lowest BCUT2D eigenvalue weighted by Crippen LogP contribution is -2.13. The molecule has 3 rings (SSSR count). The molecule has 0 atom stereocenters. The Kier molecular flexibility index (Phi) is 7.68. The fourth-order valence-corrected chi connectivity index (χ4v) is 3.47. The number of hydrogen-bond acceptors (Lipinski definition) is 3. The summed E-state index contributed by atoms with van der Waals surface area (Å²) in [5.41, 5.74) is 4.39. The van der Waals surface area contributed by atoms with Gasteiger partial charge in [-0.1, -0.05) is 70.7 Å². The van der Waals surface area contributed by atoms with Crippen molar-refractivity contribution in [3.05, 3.63) is 91.9 Å². The average molecular weight is 451 g/mol.